The van der Waals surface area contributed by atoms with E-state index in [1.165, 1.54) is 29.5 Å². The van der Waals surface area contributed by atoms with E-state index in [9.17, 15) is 0 Å². The Morgan fingerprint density at radius 1 is 1.10 bits per heavy atom. The minimum atomic E-state index is -0.200. The fourth-order valence-electron chi connectivity index (χ4n) is 3.37. The Morgan fingerprint density at radius 2 is 1.70 bits per heavy atom. The summed E-state index contributed by atoms with van der Waals surface area (Å²) in [7, 11) is 1.82. The molecule has 1 aliphatic carbocycles. The molecule has 0 radical (unpaired) electrons. The van der Waals surface area contributed by atoms with Crippen molar-refractivity contribution in [3.05, 3.63) is 34.9 Å². The van der Waals surface area contributed by atoms with Gasteiger partial charge in [-0.1, -0.05) is 37.6 Å². The molecule has 0 aromatic heterocycles. The molecule has 1 atom stereocenters. The summed E-state index contributed by atoms with van der Waals surface area (Å²) in [6, 6.07) is 6.50. The van der Waals surface area contributed by atoms with Crippen molar-refractivity contribution in [2.24, 2.45) is 11.1 Å². The molecule has 1 aromatic rings. The highest BCUT2D eigenvalue weighted by atomic mass is 16.5. The Balaban J connectivity index is 2.30. The number of rotatable bonds is 3. The van der Waals surface area contributed by atoms with Gasteiger partial charge < -0.3 is 10.5 Å². The largest absolute Gasteiger partial charge is 0.376 e. The Bertz CT molecular complexity index is 468. The van der Waals surface area contributed by atoms with Gasteiger partial charge in [-0.2, -0.15) is 0 Å². The molecule has 0 heterocycles. The molecule has 20 heavy (non-hydrogen) atoms. The molecular weight excluding hydrogens is 246 g/mol. The minimum absolute atomic E-state index is 0.0384. The van der Waals surface area contributed by atoms with E-state index in [0.29, 0.717) is 5.41 Å². The van der Waals surface area contributed by atoms with Gasteiger partial charge in [-0.15, -0.1) is 0 Å². The average Bonchev–Trinajstić information content (AvgIpc) is 2.41. The second-order valence-electron chi connectivity index (χ2n) is 7.27. The summed E-state index contributed by atoms with van der Waals surface area (Å²) in [5, 5.41) is 0. The van der Waals surface area contributed by atoms with Crippen molar-refractivity contribution in [3.8, 4) is 0 Å². The number of nitrogens with two attached hydrogens (primary N) is 1. The van der Waals surface area contributed by atoms with Gasteiger partial charge in [0.25, 0.3) is 0 Å². The zero-order valence-electron chi connectivity index (χ0n) is 13.6. The van der Waals surface area contributed by atoms with Crippen LogP contribution in [0.3, 0.4) is 0 Å². The first-order valence-corrected chi connectivity index (χ1v) is 7.68. The van der Waals surface area contributed by atoms with Crippen LogP contribution in [-0.4, -0.2) is 12.7 Å². The maximum Gasteiger partial charge on any atom is 0.0870 e. The lowest BCUT2D eigenvalue weighted by Crippen LogP contribution is -2.47. The third-order valence-electron chi connectivity index (χ3n) is 5.19. The molecule has 2 rings (SSSR count). The van der Waals surface area contributed by atoms with Crippen LogP contribution in [0.5, 0.6) is 0 Å². The molecule has 0 saturated heterocycles. The summed E-state index contributed by atoms with van der Waals surface area (Å²) in [6.07, 6.45) is 4.45. The average molecular weight is 275 g/mol. The first-order valence-electron chi connectivity index (χ1n) is 7.68. The van der Waals surface area contributed by atoms with Gasteiger partial charge in [0.15, 0.2) is 0 Å². The molecule has 2 heteroatoms. The van der Waals surface area contributed by atoms with Crippen molar-refractivity contribution in [2.45, 2.75) is 65.0 Å². The quantitative estimate of drug-likeness (QED) is 0.893. The smallest absolute Gasteiger partial charge is 0.0870 e. The van der Waals surface area contributed by atoms with Crippen LogP contribution in [0.25, 0.3) is 0 Å². The van der Waals surface area contributed by atoms with E-state index < -0.39 is 0 Å². The maximum absolute atomic E-state index is 6.65. The molecule has 0 amide bonds. The van der Waals surface area contributed by atoms with Crippen LogP contribution >= 0.6 is 0 Å². The van der Waals surface area contributed by atoms with Crippen LogP contribution in [0, 0.1) is 19.3 Å². The number of hydrogen-bond acceptors (Lipinski definition) is 2. The van der Waals surface area contributed by atoms with Gasteiger partial charge >= 0.3 is 0 Å². The van der Waals surface area contributed by atoms with Crippen molar-refractivity contribution < 1.29 is 4.74 Å². The van der Waals surface area contributed by atoms with E-state index in [-0.39, 0.29) is 11.6 Å². The molecule has 1 unspecified atom stereocenters. The third kappa shape index (κ3) is 2.91. The minimum Gasteiger partial charge on any atom is -0.376 e. The number of hydrogen-bond donors (Lipinski definition) is 1. The van der Waals surface area contributed by atoms with Gasteiger partial charge in [0, 0.05) is 7.11 Å². The van der Waals surface area contributed by atoms with Gasteiger partial charge in [-0.25, -0.2) is 0 Å². The SMILES string of the molecule is COC1(C(N)c2cc(C)ccc2C)CCC(C)(C)CC1. The summed E-state index contributed by atoms with van der Waals surface area (Å²) in [4.78, 5) is 0. The number of aryl methyl sites for hydroxylation is 2. The van der Waals surface area contributed by atoms with Gasteiger partial charge in [-0.05, 0) is 56.1 Å². The normalized spacial score (nSPS) is 22.5. The predicted octanol–water partition coefficient (Wildman–Crippen LogP) is 4.29. The lowest BCUT2D eigenvalue weighted by atomic mass is 9.67. The zero-order valence-corrected chi connectivity index (χ0v) is 13.6. The van der Waals surface area contributed by atoms with E-state index in [2.05, 4.69) is 45.9 Å². The number of methoxy groups -OCH3 is 1. The van der Waals surface area contributed by atoms with Crippen LogP contribution in [0.1, 0.15) is 62.3 Å². The van der Waals surface area contributed by atoms with Crippen molar-refractivity contribution in [1.82, 2.24) is 0 Å². The van der Waals surface area contributed by atoms with E-state index in [1.54, 1.807) is 0 Å². The molecule has 1 saturated carbocycles. The second kappa shape index (κ2) is 5.50. The van der Waals surface area contributed by atoms with Gasteiger partial charge in [-0.3, -0.25) is 0 Å². The molecule has 1 fully saturated rings. The van der Waals surface area contributed by atoms with Gasteiger partial charge in [0.1, 0.15) is 0 Å². The number of ether oxygens (including phenoxy) is 1. The van der Waals surface area contributed by atoms with E-state index >= 15 is 0 Å². The zero-order chi connectivity index (χ0) is 15.0. The van der Waals surface area contributed by atoms with Crippen molar-refractivity contribution in [1.29, 1.82) is 0 Å². The molecular formula is C18H29NO. The fourth-order valence-corrected chi connectivity index (χ4v) is 3.37. The Hall–Kier alpha value is -0.860. The maximum atomic E-state index is 6.65. The van der Waals surface area contributed by atoms with Gasteiger partial charge in [0.2, 0.25) is 0 Å². The lowest BCUT2D eigenvalue weighted by Gasteiger charge is -2.46. The molecule has 2 N–H and O–H groups in total. The Morgan fingerprint density at radius 3 is 2.25 bits per heavy atom. The molecule has 2 nitrogen and oxygen atoms in total. The highest BCUT2D eigenvalue weighted by molar-refractivity contribution is 5.34. The fraction of sp³-hybridized carbons (Fsp3) is 0.667. The van der Waals surface area contributed by atoms with Crippen LogP contribution in [0.4, 0.5) is 0 Å². The van der Waals surface area contributed by atoms with Gasteiger partial charge in [0.05, 0.1) is 11.6 Å². The second-order valence-corrected chi connectivity index (χ2v) is 7.27. The van der Waals surface area contributed by atoms with Crippen LogP contribution in [0.2, 0.25) is 0 Å². The summed E-state index contributed by atoms with van der Waals surface area (Å²) < 4.78 is 5.96. The first kappa shape index (κ1) is 15.5. The van der Waals surface area contributed by atoms with Crippen molar-refractivity contribution >= 4 is 0 Å². The Labute approximate surface area is 123 Å². The standard InChI is InChI=1S/C18H29NO/c1-13-6-7-14(2)15(12-13)16(19)18(20-5)10-8-17(3,4)9-11-18/h6-7,12,16H,8-11,19H2,1-5H3. The van der Waals surface area contributed by atoms with E-state index in [1.807, 2.05) is 7.11 Å². The predicted molar refractivity (Wildman–Crippen MR) is 84.8 cm³/mol. The van der Waals surface area contributed by atoms with Crippen molar-refractivity contribution in [3.63, 3.8) is 0 Å². The highest BCUT2D eigenvalue weighted by Gasteiger charge is 2.43. The van der Waals surface area contributed by atoms with Crippen LogP contribution in [0.15, 0.2) is 18.2 Å². The molecule has 112 valence electrons. The highest BCUT2D eigenvalue weighted by Crippen LogP contribution is 2.47. The summed E-state index contributed by atoms with van der Waals surface area (Å²) in [5.74, 6) is 0. The van der Waals surface area contributed by atoms with Crippen LogP contribution < -0.4 is 5.73 Å². The first-order chi connectivity index (χ1) is 9.30. The molecule has 1 aromatic carbocycles. The lowest BCUT2D eigenvalue weighted by molar-refractivity contribution is -0.0795. The summed E-state index contributed by atoms with van der Waals surface area (Å²) in [6.45, 7) is 8.95. The number of benzene rings is 1. The van der Waals surface area contributed by atoms with Crippen LogP contribution in [-0.2, 0) is 4.74 Å². The topological polar surface area (TPSA) is 35.2 Å². The monoisotopic (exact) mass is 275 g/mol. The molecule has 0 spiro atoms. The third-order valence-corrected chi connectivity index (χ3v) is 5.19. The molecule has 0 bridgehead atoms. The summed E-state index contributed by atoms with van der Waals surface area (Å²) in [5.41, 5.74) is 10.6. The Kier molecular flexibility index (Phi) is 4.27. The molecule has 1 aliphatic rings. The van der Waals surface area contributed by atoms with Crippen molar-refractivity contribution in [2.75, 3.05) is 7.11 Å². The van der Waals surface area contributed by atoms with E-state index in [4.69, 9.17) is 10.5 Å². The molecule has 0 aliphatic heterocycles. The summed E-state index contributed by atoms with van der Waals surface area (Å²) >= 11 is 0. The van der Waals surface area contributed by atoms with E-state index in [0.717, 1.165) is 12.8 Å².